The van der Waals surface area contributed by atoms with E-state index < -0.39 is 4.92 Å². The van der Waals surface area contributed by atoms with Gasteiger partial charge in [-0.1, -0.05) is 37.3 Å². The van der Waals surface area contributed by atoms with Gasteiger partial charge in [-0.3, -0.25) is 10.1 Å². The lowest BCUT2D eigenvalue weighted by Gasteiger charge is -2.17. The lowest BCUT2D eigenvalue weighted by atomic mass is 10.0. The van der Waals surface area contributed by atoms with E-state index >= 15 is 0 Å². The van der Waals surface area contributed by atoms with Crippen molar-refractivity contribution in [3.05, 3.63) is 58.1 Å². The molecule has 1 N–H and O–H groups in total. The molecule has 1 atom stereocenters. The van der Waals surface area contributed by atoms with Crippen molar-refractivity contribution in [3.8, 4) is 11.8 Å². The topological polar surface area (TPSA) is 86.5 Å². The average molecular weight is 345 g/mol. The van der Waals surface area contributed by atoms with Gasteiger partial charge in [0.05, 0.1) is 12.0 Å². The summed E-state index contributed by atoms with van der Waals surface area (Å²) >= 11 is 0. The van der Waals surface area contributed by atoms with Crippen molar-refractivity contribution in [1.29, 1.82) is 0 Å². The zero-order chi connectivity index (χ0) is 18.1. The molecular formula is C18H23N3O4. The molecule has 1 aromatic carbocycles. The summed E-state index contributed by atoms with van der Waals surface area (Å²) in [6, 6.07) is 13.5. The number of aromatic nitrogens is 1. The summed E-state index contributed by atoms with van der Waals surface area (Å²) in [7, 11) is 1.34. The van der Waals surface area contributed by atoms with Gasteiger partial charge in [0.15, 0.2) is 0 Å². The fourth-order valence-electron chi connectivity index (χ4n) is 2.46. The first-order valence-electron chi connectivity index (χ1n) is 8.23. The van der Waals surface area contributed by atoms with Crippen LogP contribution in [-0.2, 0) is 6.42 Å². The van der Waals surface area contributed by atoms with Gasteiger partial charge in [0.25, 0.3) is 5.88 Å². The number of nitrogens with one attached hydrogen (secondary N) is 1. The van der Waals surface area contributed by atoms with E-state index in [-0.39, 0.29) is 11.6 Å². The van der Waals surface area contributed by atoms with Crippen molar-refractivity contribution in [2.75, 3.05) is 20.3 Å². The van der Waals surface area contributed by atoms with Gasteiger partial charge < -0.3 is 14.8 Å². The van der Waals surface area contributed by atoms with Crippen molar-refractivity contribution in [3.63, 3.8) is 0 Å². The monoisotopic (exact) mass is 345 g/mol. The molecule has 1 heterocycles. The fourth-order valence-corrected chi connectivity index (χ4v) is 2.46. The van der Waals surface area contributed by atoms with E-state index in [1.54, 1.807) is 0 Å². The van der Waals surface area contributed by atoms with Crippen molar-refractivity contribution in [1.82, 2.24) is 10.3 Å². The Balaban J connectivity index is 1.81. The third kappa shape index (κ3) is 5.72. The molecule has 2 aromatic rings. The van der Waals surface area contributed by atoms with Gasteiger partial charge >= 0.3 is 5.69 Å². The first-order valence-corrected chi connectivity index (χ1v) is 8.23. The van der Waals surface area contributed by atoms with E-state index in [2.05, 4.69) is 29.4 Å². The minimum absolute atomic E-state index is 0.0500. The quantitative estimate of drug-likeness (QED) is 0.405. The molecule has 0 radical (unpaired) electrons. The highest BCUT2D eigenvalue weighted by Gasteiger charge is 2.17. The standard InChI is InChI=1S/C18H23N3O4/c1-3-15(13-14-7-5-4-6-8-14)19-11-12-25-17-10-9-16(21(22)23)18(20-17)24-2/h4-10,15,19H,3,11-13H2,1-2H3. The van der Waals surface area contributed by atoms with E-state index in [0.717, 1.165) is 12.8 Å². The minimum atomic E-state index is -0.535. The first kappa shape index (κ1) is 18.7. The second kappa shape index (κ2) is 9.58. The molecule has 1 aromatic heterocycles. The Labute approximate surface area is 147 Å². The number of hydrogen-bond donors (Lipinski definition) is 1. The van der Waals surface area contributed by atoms with Crippen molar-refractivity contribution in [2.45, 2.75) is 25.8 Å². The molecule has 0 saturated carbocycles. The molecule has 0 aliphatic heterocycles. The highest BCUT2D eigenvalue weighted by Crippen LogP contribution is 2.26. The summed E-state index contributed by atoms with van der Waals surface area (Å²) in [6.45, 7) is 3.22. The zero-order valence-electron chi connectivity index (χ0n) is 14.5. The summed E-state index contributed by atoms with van der Waals surface area (Å²) in [5, 5.41) is 14.3. The molecule has 1 unspecified atom stereocenters. The smallest absolute Gasteiger partial charge is 0.331 e. The predicted molar refractivity (Wildman–Crippen MR) is 95.2 cm³/mol. The van der Waals surface area contributed by atoms with Crippen LogP contribution in [0.1, 0.15) is 18.9 Å². The maximum atomic E-state index is 10.8. The molecule has 0 amide bonds. The third-order valence-corrected chi connectivity index (χ3v) is 3.81. The van der Waals surface area contributed by atoms with E-state index in [1.165, 1.54) is 24.8 Å². The van der Waals surface area contributed by atoms with Crippen molar-refractivity contribution in [2.24, 2.45) is 0 Å². The van der Waals surface area contributed by atoms with Crippen LogP contribution in [0.2, 0.25) is 0 Å². The van der Waals surface area contributed by atoms with Crippen LogP contribution in [0, 0.1) is 10.1 Å². The molecular weight excluding hydrogens is 322 g/mol. The molecule has 0 saturated heterocycles. The molecule has 0 fully saturated rings. The average Bonchev–Trinajstić information content (AvgIpc) is 2.64. The highest BCUT2D eigenvalue weighted by atomic mass is 16.6. The molecule has 0 bridgehead atoms. The van der Waals surface area contributed by atoms with Crippen molar-refractivity contribution >= 4 is 5.69 Å². The summed E-state index contributed by atoms with van der Waals surface area (Å²) in [5.74, 6) is 0.256. The van der Waals surface area contributed by atoms with Crippen LogP contribution >= 0.6 is 0 Å². The number of pyridine rings is 1. The SMILES string of the molecule is CCC(Cc1ccccc1)NCCOc1ccc([N+](=O)[O-])c(OC)n1. The second-order valence-electron chi connectivity index (χ2n) is 5.53. The van der Waals surface area contributed by atoms with Crippen LogP contribution in [-0.4, -0.2) is 36.2 Å². The molecule has 25 heavy (non-hydrogen) atoms. The second-order valence-corrected chi connectivity index (χ2v) is 5.53. The zero-order valence-corrected chi connectivity index (χ0v) is 14.5. The van der Waals surface area contributed by atoms with Gasteiger partial charge in [-0.05, 0) is 18.4 Å². The number of nitro groups is 1. The van der Waals surface area contributed by atoms with Gasteiger partial charge in [-0.25, -0.2) is 0 Å². The van der Waals surface area contributed by atoms with E-state index in [4.69, 9.17) is 9.47 Å². The minimum Gasteiger partial charge on any atom is -0.476 e. The number of ether oxygens (including phenoxy) is 2. The number of nitrogens with zero attached hydrogens (tertiary/aromatic N) is 2. The Morgan fingerprint density at radius 2 is 2.00 bits per heavy atom. The molecule has 0 spiro atoms. The largest absolute Gasteiger partial charge is 0.476 e. The maximum Gasteiger partial charge on any atom is 0.331 e. The van der Waals surface area contributed by atoms with Crippen LogP contribution in [0.25, 0.3) is 0 Å². The highest BCUT2D eigenvalue weighted by molar-refractivity contribution is 5.42. The Kier molecular flexibility index (Phi) is 7.16. The first-order chi connectivity index (χ1) is 12.1. The number of methoxy groups -OCH3 is 1. The van der Waals surface area contributed by atoms with E-state index in [1.807, 2.05) is 18.2 Å². The third-order valence-electron chi connectivity index (χ3n) is 3.81. The van der Waals surface area contributed by atoms with Gasteiger partial charge in [0.2, 0.25) is 5.88 Å². The molecule has 7 nitrogen and oxygen atoms in total. The molecule has 7 heteroatoms. The Morgan fingerprint density at radius 3 is 2.64 bits per heavy atom. The van der Waals surface area contributed by atoms with Crippen molar-refractivity contribution < 1.29 is 14.4 Å². The lowest BCUT2D eigenvalue weighted by molar-refractivity contribution is -0.386. The van der Waals surface area contributed by atoms with Crippen LogP contribution in [0.3, 0.4) is 0 Å². The fraction of sp³-hybridized carbons (Fsp3) is 0.389. The Bertz CT molecular complexity index is 679. The molecule has 0 aliphatic carbocycles. The Morgan fingerprint density at radius 1 is 1.24 bits per heavy atom. The predicted octanol–water partition coefficient (Wildman–Crippen LogP) is 2.99. The Hall–Kier alpha value is -2.67. The van der Waals surface area contributed by atoms with Gasteiger partial charge in [0.1, 0.15) is 6.61 Å². The van der Waals surface area contributed by atoms with Gasteiger partial charge in [0, 0.05) is 24.7 Å². The van der Waals surface area contributed by atoms with Crippen LogP contribution < -0.4 is 14.8 Å². The van der Waals surface area contributed by atoms with Crippen LogP contribution in [0.4, 0.5) is 5.69 Å². The maximum absolute atomic E-state index is 10.8. The summed E-state index contributed by atoms with van der Waals surface area (Å²) in [5.41, 5.74) is 1.12. The summed E-state index contributed by atoms with van der Waals surface area (Å²) < 4.78 is 10.5. The molecule has 134 valence electrons. The number of rotatable bonds is 10. The summed E-state index contributed by atoms with van der Waals surface area (Å²) in [6.07, 6.45) is 1.97. The van der Waals surface area contributed by atoms with Gasteiger partial charge in [-0.2, -0.15) is 4.98 Å². The van der Waals surface area contributed by atoms with Crippen LogP contribution in [0.15, 0.2) is 42.5 Å². The summed E-state index contributed by atoms with van der Waals surface area (Å²) in [4.78, 5) is 14.3. The van der Waals surface area contributed by atoms with E-state index in [0.29, 0.717) is 25.1 Å². The molecule has 0 aliphatic rings. The van der Waals surface area contributed by atoms with Crippen LogP contribution in [0.5, 0.6) is 11.8 Å². The number of benzene rings is 1. The normalized spacial score (nSPS) is 11.8. The number of hydrogen-bond acceptors (Lipinski definition) is 6. The lowest BCUT2D eigenvalue weighted by Crippen LogP contribution is -2.33. The van der Waals surface area contributed by atoms with E-state index in [9.17, 15) is 10.1 Å². The molecule has 2 rings (SSSR count). The van der Waals surface area contributed by atoms with Gasteiger partial charge in [-0.15, -0.1) is 0 Å².